The number of benzene rings is 8. The van der Waals surface area contributed by atoms with Crippen molar-refractivity contribution in [3.63, 3.8) is 0 Å². The molecular formula is C51H32N4O. The topological polar surface area (TPSA) is 56.7 Å². The molecule has 0 saturated carbocycles. The zero-order valence-electron chi connectivity index (χ0n) is 30.2. The quantitative estimate of drug-likeness (QED) is 0.172. The summed E-state index contributed by atoms with van der Waals surface area (Å²) in [4.78, 5) is 15.4. The molecule has 5 heteroatoms. The molecule has 0 amide bonds. The molecule has 0 saturated heterocycles. The zero-order chi connectivity index (χ0) is 37.0. The minimum atomic E-state index is 0.563. The second-order valence-corrected chi connectivity index (χ2v) is 14.0. The number of aromatic nitrogens is 4. The molecular weight excluding hydrogens is 685 g/mol. The van der Waals surface area contributed by atoms with Crippen LogP contribution in [0.15, 0.2) is 199 Å². The van der Waals surface area contributed by atoms with Gasteiger partial charge in [-0.2, -0.15) is 9.97 Å². The lowest BCUT2D eigenvalue weighted by Crippen LogP contribution is -2.06. The summed E-state index contributed by atoms with van der Waals surface area (Å²) in [5, 5.41) is 4.47. The van der Waals surface area contributed by atoms with Gasteiger partial charge in [-0.15, -0.1) is 0 Å². The molecule has 3 heterocycles. The minimum absolute atomic E-state index is 0.563. The first-order valence-electron chi connectivity index (χ1n) is 18.8. The summed E-state index contributed by atoms with van der Waals surface area (Å²) >= 11 is 0. The molecule has 11 rings (SSSR count). The van der Waals surface area contributed by atoms with Crippen LogP contribution in [0, 0.1) is 0 Å². The fourth-order valence-electron chi connectivity index (χ4n) is 7.98. The van der Waals surface area contributed by atoms with Crippen LogP contribution < -0.4 is 0 Å². The highest BCUT2D eigenvalue weighted by molar-refractivity contribution is 6.14. The third-order valence-electron chi connectivity index (χ3n) is 10.7. The Morgan fingerprint density at radius 1 is 0.339 bits per heavy atom. The zero-order valence-corrected chi connectivity index (χ0v) is 30.2. The number of fused-ring (bicyclic) bond motifs is 6. The molecule has 0 atom stereocenters. The van der Waals surface area contributed by atoms with Gasteiger partial charge in [-0.1, -0.05) is 164 Å². The summed E-state index contributed by atoms with van der Waals surface area (Å²) in [6, 6.07) is 67.5. The van der Waals surface area contributed by atoms with Crippen molar-refractivity contribution in [1.82, 2.24) is 19.5 Å². The van der Waals surface area contributed by atoms with Crippen LogP contribution >= 0.6 is 0 Å². The molecule has 0 fully saturated rings. The van der Waals surface area contributed by atoms with Gasteiger partial charge >= 0.3 is 0 Å². The van der Waals surface area contributed by atoms with Crippen molar-refractivity contribution in [2.45, 2.75) is 0 Å². The van der Waals surface area contributed by atoms with E-state index in [9.17, 15) is 0 Å². The molecule has 0 bridgehead atoms. The summed E-state index contributed by atoms with van der Waals surface area (Å²) in [5.41, 5.74) is 12.4. The van der Waals surface area contributed by atoms with E-state index in [4.69, 9.17) is 19.4 Å². The Balaban J connectivity index is 1.10. The first-order chi connectivity index (χ1) is 27.7. The minimum Gasteiger partial charge on any atom is -0.456 e. The molecule has 8 aromatic carbocycles. The van der Waals surface area contributed by atoms with Crippen molar-refractivity contribution < 1.29 is 4.42 Å². The van der Waals surface area contributed by atoms with Crippen LogP contribution in [-0.2, 0) is 0 Å². The van der Waals surface area contributed by atoms with Crippen LogP contribution in [0.25, 0.3) is 106 Å². The summed E-state index contributed by atoms with van der Waals surface area (Å²) < 4.78 is 8.57. The molecule has 262 valence electrons. The average molecular weight is 717 g/mol. The Kier molecular flexibility index (Phi) is 7.42. The maximum absolute atomic E-state index is 6.39. The molecule has 0 unspecified atom stereocenters. The van der Waals surface area contributed by atoms with Gasteiger partial charge in [0.25, 0.3) is 0 Å². The van der Waals surface area contributed by atoms with E-state index in [1.807, 2.05) is 42.5 Å². The molecule has 3 aromatic heterocycles. The van der Waals surface area contributed by atoms with Crippen LogP contribution in [0.2, 0.25) is 0 Å². The predicted molar refractivity (Wildman–Crippen MR) is 229 cm³/mol. The Hall–Kier alpha value is -7.63. The van der Waals surface area contributed by atoms with E-state index in [1.54, 1.807) is 0 Å². The summed E-state index contributed by atoms with van der Waals surface area (Å²) in [7, 11) is 0. The number of furan rings is 1. The standard InChI is InChI=1S/C51H32N4O/c1-4-13-33(14-5-1)34-23-25-37(26-24-34)50-52-49(36-17-8-3-9-18-36)53-51(54-50)55-44-21-11-10-19-41(44)42-29-27-39(32-45(42)55)38-28-30-46-43(31-38)48-40(20-12-22-47(48)56-46)35-15-6-2-7-16-35/h1-32H. The first-order valence-corrected chi connectivity index (χ1v) is 18.8. The van der Waals surface area contributed by atoms with Gasteiger partial charge < -0.3 is 4.42 Å². The summed E-state index contributed by atoms with van der Waals surface area (Å²) in [6.45, 7) is 0. The molecule has 0 radical (unpaired) electrons. The van der Waals surface area contributed by atoms with Crippen molar-refractivity contribution in [2.75, 3.05) is 0 Å². The van der Waals surface area contributed by atoms with Gasteiger partial charge in [-0.25, -0.2) is 4.98 Å². The number of hydrogen-bond donors (Lipinski definition) is 0. The lowest BCUT2D eigenvalue weighted by atomic mass is 9.97. The lowest BCUT2D eigenvalue weighted by Gasteiger charge is -2.12. The van der Waals surface area contributed by atoms with E-state index in [1.165, 1.54) is 0 Å². The number of rotatable bonds is 6. The largest absolute Gasteiger partial charge is 0.456 e. The molecule has 0 N–H and O–H groups in total. The number of nitrogens with zero attached hydrogens (tertiary/aromatic N) is 4. The fraction of sp³-hybridized carbons (Fsp3) is 0. The third kappa shape index (κ3) is 5.37. The van der Waals surface area contributed by atoms with E-state index >= 15 is 0 Å². The van der Waals surface area contributed by atoms with Crippen molar-refractivity contribution in [3.05, 3.63) is 194 Å². The van der Waals surface area contributed by atoms with Crippen molar-refractivity contribution in [3.8, 4) is 62.1 Å². The van der Waals surface area contributed by atoms with E-state index in [2.05, 4.69) is 156 Å². The van der Waals surface area contributed by atoms with Crippen LogP contribution in [0.4, 0.5) is 0 Å². The van der Waals surface area contributed by atoms with E-state index in [-0.39, 0.29) is 0 Å². The summed E-state index contributed by atoms with van der Waals surface area (Å²) in [5.74, 6) is 1.79. The molecule has 0 spiro atoms. The number of para-hydroxylation sites is 1. The van der Waals surface area contributed by atoms with Crippen LogP contribution in [0.1, 0.15) is 0 Å². The van der Waals surface area contributed by atoms with Gasteiger partial charge in [-0.3, -0.25) is 4.57 Å². The van der Waals surface area contributed by atoms with Crippen LogP contribution in [-0.4, -0.2) is 19.5 Å². The Morgan fingerprint density at radius 2 is 0.893 bits per heavy atom. The van der Waals surface area contributed by atoms with Gasteiger partial charge in [-0.05, 0) is 63.7 Å². The SMILES string of the molecule is c1ccc(-c2ccc(-c3nc(-c4ccccc4)nc(-n4c5ccccc5c5ccc(-c6ccc7oc8cccc(-c9ccccc9)c8c7c6)cc54)n3)cc2)cc1. The maximum Gasteiger partial charge on any atom is 0.238 e. The monoisotopic (exact) mass is 716 g/mol. The van der Waals surface area contributed by atoms with Gasteiger partial charge in [0, 0.05) is 32.7 Å². The van der Waals surface area contributed by atoms with Gasteiger partial charge in [0.2, 0.25) is 5.95 Å². The highest BCUT2D eigenvalue weighted by Crippen LogP contribution is 2.40. The van der Waals surface area contributed by atoms with Crippen molar-refractivity contribution >= 4 is 43.7 Å². The van der Waals surface area contributed by atoms with Crippen molar-refractivity contribution in [1.29, 1.82) is 0 Å². The van der Waals surface area contributed by atoms with Gasteiger partial charge in [0.15, 0.2) is 11.6 Å². The third-order valence-corrected chi connectivity index (χ3v) is 10.7. The van der Waals surface area contributed by atoms with Gasteiger partial charge in [0.1, 0.15) is 11.2 Å². The van der Waals surface area contributed by atoms with Crippen LogP contribution in [0.5, 0.6) is 0 Å². The average Bonchev–Trinajstić information content (AvgIpc) is 3.82. The highest BCUT2D eigenvalue weighted by Gasteiger charge is 2.19. The fourth-order valence-corrected chi connectivity index (χ4v) is 7.98. The van der Waals surface area contributed by atoms with E-state index in [0.717, 1.165) is 88.3 Å². The van der Waals surface area contributed by atoms with Gasteiger partial charge in [0.05, 0.1) is 11.0 Å². The molecule has 0 aliphatic carbocycles. The highest BCUT2D eigenvalue weighted by atomic mass is 16.3. The molecule has 5 nitrogen and oxygen atoms in total. The predicted octanol–water partition coefficient (Wildman–Crippen LogP) is 13.2. The lowest BCUT2D eigenvalue weighted by molar-refractivity contribution is 0.669. The Morgan fingerprint density at radius 3 is 1.64 bits per heavy atom. The maximum atomic E-state index is 6.39. The second kappa shape index (κ2) is 13.0. The Labute approximate surface area is 322 Å². The Bertz CT molecular complexity index is 3220. The summed E-state index contributed by atoms with van der Waals surface area (Å²) in [6.07, 6.45) is 0. The normalized spacial score (nSPS) is 11.6. The molecule has 11 aromatic rings. The number of hydrogen-bond acceptors (Lipinski definition) is 4. The smallest absolute Gasteiger partial charge is 0.238 e. The van der Waals surface area contributed by atoms with Crippen molar-refractivity contribution in [2.24, 2.45) is 0 Å². The molecule has 0 aliphatic heterocycles. The van der Waals surface area contributed by atoms with Crippen LogP contribution in [0.3, 0.4) is 0 Å². The van der Waals surface area contributed by atoms with E-state index < -0.39 is 0 Å². The first kappa shape index (κ1) is 31.9. The van der Waals surface area contributed by atoms with E-state index in [0.29, 0.717) is 17.6 Å². The molecule has 0 aliphatic rings. The molecule has 56 heavy (non-hydrogen) atoms. The second-order valence-electron chi connectivity index (χ2n) is 14.0.